The van der Waals surface area contributed by atoms with Gasteiger partial charge in [-0.05, 0) is 35.0 Å². The van der Waals surface area contributed by atoms with Gasteiger partial charge in [-0.1, -0.05) is 11.6 Å². The zero-order valence-corrected chi connectivity index (χ0v) is 12.5. The van der Waals surface area contributed by atoms with E-state index in [4.69, 9.17) is 17.3 Å². The van der Waals surface area contributed by atoms with E-state index in [9.17, 15) is 4.79 Å². The number of aryl methyl sites for hydroxylation is 1. The minimum absolute atomic E-state index is 0.243. The first-order valence-electron chi connectivity index (χ1n) is 4.95. The van der Waals surface area contributed by atoms with E-state index in [1.54, 1.807) is 18.3 Å². The predicted molar refractivity (Wildman–Crippen MR) is 78.4 cm³/mol. The van der Waals surface area contributed by atoms with Crippen LogP contribution in [0.5, 0.6) is 0 Å². The van der Waals surface area contributed by atoms with Crippen molar-refractivity contribution in [3.63, 3.8) is 0 Å². The van der Waals surface area contributed by atoms with Crippen molar-refractivity contribution in [2.45, 2.75) is 6.92 Å². The quantitative estimate of drug-likeness (QED) is 0.815. The van der Waals surface area contributed by atoms with Crippen LogP contribution >= 0.6 is 38.9 Å². The van der Waals surface area contributed by atoms with Crippen LogP contribution in [-0.2, 0) is 0 Å². The fraction of sp³-hybridized carbons (Fsp3) is 0.0909. The molecule has 0 aromatic carbocycles. The number of nitrogen functional groups attached to an aromatic ring is 1. The molecule has 0 spiro atoms. The van der Waals surface area contributed by atoms with E-state index in [1.165, 1.54) is 11.3 Å². The number of nitrogens with two attached hydrogens (primary N) is 1. The SMILES string of the molecule is Cc1sc(C(=O)Nc2cc(Br)cnc2Cl)cc1N. The molecule has 0 radical (unpaired) electrons. The number of pyridine rings is 1. The van der Waals surface area contributed by atoms with Crippen LogP contribution in [0.1, 0.15) is 14.5 Å². The summed E-state index contributed by atoms with van der Waals surface area (Å²) in [5.74, 6) is -0.249. The van der Waals surface area contributed by atoms with Gasteiger partial charge >= 0.3 is 0 Å². The number of hydrogen-bond acceptors (Lipinski definition) is 4. The van der Waals surface area contributed by atoms with Gasteiger partial charge in [0.15, 0.2) is 5.15 Å². The minimum Gasteiger partial charge on any atom is -0.398 e. The van der Waals surface area contributed by atoms with E-state index >= 15 is 0 Å². The van der Waals surface area contributed by atoms with Crippen LogP contribution in [0.4, 0.5) is 11.4 Å². The minimum atomic E-state index is -0.249. The molecule has 0 atom stereocenters. The van der Waals surface area contributed by atoms with Gasteiger partial charge in [-0.15, -0.1) is 11.3 Å². The zero-order chi connectivity index (χ0) is 13.3. The van der Waals surface area contributed by atoms with E-state index in [2.05, 4.69) is 26.2 Å². The van der Waals surface area contributed by atoms with Crippen LogP contribution in [0.15, 0.2) is 22.8 Å². The lowest BCUT2D eigenvalue weighted by Gasteiger charge is -2.05. The van der Waals surface area contributed by atoms with Crippen molar-refractivity contribution in [3.05, 3.63) is 37.7 Å². The van der Waals surface area contributed by atoms with Crippen molar-refractivity contribution < 1.29 is 4.79 Å². The van der Waals surface area contributed by atoms with Crippen LogP contribution in [0.25, 0.3) is 0 Å². The summed E-state index contributed by atoms with van der Waals surface area (Å²) < 4.78 is 0.740. The molecular formula is C11H9BrClN3OS. The number of anilines is 2. The standard InChI is InChI=1S/C11H9BrClN3OS/c1-5-7(14)3-9(18-5)11(17)16-8-2-6(12)4-15-10(8)13/h2-4H,14H2,1H3,(H,16,17). The fourth-order valence-electron chi connectivity index (χ4n) is 1.30. The highest BCUT2D eigenvalue weighted by Gasteiger charge is 2.13. The van der Waals surface area contributed by atoms with Gasteiger partial charge in [0.25, 0.3) is 5.91 Å². The Morgan fingerprint density at radius 1 is 1.56 bits per heavy atom. The number of nitrogens with one attached hydrogen (secondary N) is 1. The Morgan fingerprint density at radius 2 is 2.28 bits per heavy atom. The summed E-state index contributed by atoms with van der Waals surface area (Å²) >= 11 is 10.5. The van der Waals surface area contributed by atoms with Crippen molar-refractivity contribution in [1.82, 2.24) is 4.98 Å². The third-order valence-corrected chi connectivity index (χ3v) is 4.03. The van der Waals surface area contributed by atoms with Crippen LogP contribution in [0.3, 0.4) is 0 Å². The molecule has 4 nitrogen and oxygen atoms in total. The summed E-state index contributed by atoms with van der Waals surface area (Å²) in [6.07, 6.45) is 1.56. The first-order chi connectivity index (χ1) is 8.47. The van der Waals surface area contributed by atoms with Crippen molar-refractivity contribution in [1.29, 1.82) is 0 Å². The molecular weight excluding hydrogens is 338 g/mol. The van der Waals surface area contributed by atoms with Gasteiger partial charge < -0.3 is 11.1 Å². The van der Waals surface area contributed by atoms with Gasteiger partial charge in [0.1, 0.15) is 0 Å². The molecule has 0 aliphatic heterocycles. The smallest absolute Gasteiger partial charge is 0.265 e. The van der Waals surface area contributed by atoms with Gasteiger partial charge in [0, 0.05) is 21.2 Å². The molecule has 0 unspecified atom stereocenters. The zero-order valence-electron chi connectivity index (χ0n) is 9.33. The average molecular weight is 347 g/mol. The highest BCUT2D eigenvalue weighted by atomic mass is 79.9. The fourth-order valence-corrected chi connectivity index (χ4v) is 2.62. The molecule has 2 heterocycles. The Labute approximate surface area is 121 Å². The number of amides is 1. The van der Waals surface area contributed by atoms with Gasteiger partial charge in [0.05, 0.1) is 10.6 Å². The number of nitrogens with zero attached hydrogens (tertiary/aromatic N) is 1. The molecule has 2 rings (SSSR count). The molecule has 0 aliphatic rings. The first-order valence-corrected chi connectivity index (χ1v) is 6.94. The molecule has 2 aromatic heterocycles. The van der Waals surface area contributed by atoms with Gasteiger partial charge in [0.2, 0.25) is 0 Å². The van der Waals surface area contributed by atoms with Crippen LogP contribution < -0.4 is 11.1 Å². The summed E-state index contributed by atoms with van der Waals surface area (Å²) in [7, 11) is 0. The maximum atomic E-state index is 12.0. The topological polar surface area (TPSA) is 68.0 Å². The number of carbonyl (C=O) groups excluding carboxylic acids is 1. The number of aromatic nitrogens is 1. The number of rotatable bonds is 2. The van der Waals surface area contributed by atoms with Crippen LogP contribution in [0.2, 0.25) is 5.15 Å². The molecule has 94 valence electrons. The maximum absolute atomic E-state index is 12.0. The van der Waals surface area contributed by atoms with Crippen molar-refractivity contribution in [2.75, 3.05) is 11.1 Å². The molecule has 7 heteroatoms. The normalized spacial score (nSPS) is 10.4. The summed E-state index contributed by atoms with van der Waals surface area (Å²) in [6, 6.07) is 3.34. The second kappa shape index (κ2) is 5.26. The average Bonchev–Trinajstić information content (AvgIpc) is 2.64. The van der Waals surface area contributed by atoms with Gasteiger partial charge in [-0.3, -0.25) is 4.79 Å². The Balaban J connectivity index is 2.23. The van der Waals surface area contributed by atoms with Crippen molar-refractivity contribution >= 4 is 56.1 Å². The van der Waals surface area contributed by atoms with Crippen molar-refractivity contribution in [3.8, 4) is 0 Å². The molecule has 3 N–H and O–H groups in total. The van der Waals surface area contributed by atoms with E-state index in [-0.39, 0.29) is 11.1 Å². The Bertz CT molecular complexity index is 595. The Kier molecular flexibility index (Phi) is 3.89. The lowest BCUT2D eigenvalue weighted by Crippen LogP contribution is -2.10. The second-order valence-electron chi connectivity index (χ2n) is 3.57. The Hall–Kier alpha value is -1.11. The molecule has 18 heavy (non-hydrogen) atoms. The predicted octanol–water partition coefficient (Wildman–Crippen LogP) is 3.70. The number of thiophene rings is 1. The van der Waals surface area contributed by atoms with Crippen molar-refractivity contribution in [2.24, 2.45) is 0 Å². The van der Waals surface area contributed by atoms with E-state index in [0.29, 0.717) is 16.3 Å². The molecule has 0 saturated heterocycles. The lowest BCUT2D eigenvalue weighted by atomic mass is 10.3. The molecule has 0 bridgehead atoms. The number of halogens is 2. The maximum Gasteiger partial charge on any atom is 0.265 e. The highest BCUT2D eigenvalue weighted by Crippen LogP contribution is 2.27. The Morgan fingerprint density at radius 3 is 2.89 bits per heavy atom. The van der Waals surface area contributed by atoms with Gasteiger partial charge in [-0.2, -0.15) is 0 Å². The first kappa shape index (κ1) is 13.3. The molecule has 0 saturated carbocycles. The summed E-state index contributed by atoms with van der Waals surface area (Å²) in [5, 5.41) is 2.94. The number of carbonyl (C=O) groups is 1. The lowest BCUT2D eigenvalue weighted by molar-refractivity contribution is 0.103. The second-order valence-corrected chi connectivity index (χ2v) is 6.10. The number of hydrogen-bond donors (Lipinski definition) is 2. The molecule has 0 fully saturated rings. The molecule has 0 aliphatic carbocycles. The third-order valence-electron chi connectivity index (χ3n) is 2.23. The van der Waals surface area contributed by atoms with Gasteiger partial charge in [-0.25, -0.2) is 4.98 Å². The molecule has 1 amide bonds. The summed E-state index contributed by atoms with van der Waals surface area (Å²) in [6.45, 7) is 1.87. The summed E-state index contributed by atoms with van der Waals surface area (Å²) in [4.78, 5) is 17.4. The van der Waals surface area contributed by atoms with Crippen LogP contribution in [0, 0.1) is 6.92 Å². The third kappa shape index (κ3) is 2.82. The van der Waals surface area contributed by atoms with E-state index in [0.717, 1.165) is 9.35 Å². The largest absolute Gasteiger partial charge is 0.398 e. The highest BCUT2D eigenvalue weighted by molar-refractivity contribution is 9.10. The van der Waals surface area contributed by atoms with E-state index < -0.39 is 0 Å². The van der Waals surface area contributed by atoms with Crippen LogP contribution in [-0.4, -0.2) is 10.9 Å². The summed E-state index contributed by atoms with van der Waals surface area (Å²) in [5.41, 5.74) is 6.78. The van der Waals surface area contributed by atoms with E-state index in [1.807, 2.05) is 6.92 Å². The molecule has 2 aromatic rings. The monoisotopic (exact) mass is 345 g/mol.